The Bertz CT molecular complexity index is 546. The van der Waals surface area contributed by atoms with E-state index >= 15 is 0 Å². The summed E-state index contributed by atoms with van der Waals surface area (Å²) < 4.78 is 10.2. The van der Waals surface area contributed by atoms with Crippen molar-refractivity contribution in [1.82, 2.24) is 20.3 Å². The lowest BCUT2D eigenvalue weighted by Gasteiger charge is -1.93. The Morgan fingerprint density at radius 3 is 2.67 bits per heavy atom. The molecule has 0 aromatic carbocycles. The van der Waals surface area contributed by atoms with Crippen LogP contribution in [0.15, 0.2) is 9.05 Å². The molecule has 2 atom stereocenters. The number of rotatable bonds is 4. The van der Waals surface area contributed by atoms with Gasteiger partial charge >= 0.3 is 0 Å². The average molecular weight is 248 g/mol. The minimum absolute atomic E-state index is 0.303. The maximum atomic E-state index is 5.24. The Hall–Kier alpha value is -1.72. The van der Waals surface area contributed by atoms with Crippen molar-refractivity contribution in [3.05, 3.63) is 23.4 Å². The van der Waals surface area contributed by atoms with Gasteiger partial charge in [-0.3, -0.25) is 0 Å². The molecule has 1 fully saturated rings. The van der Waals surface area contributed by atoms with Gasteiger partial charge in [-0.25, -0.2) is 0 Å². The van der Waals surface area contributed by atoms with E-state index < -0.39 is 0 Å². The summed E-state index contributed by atoms with van der Waals surface area (Å²) in [5, 5.41) is 7.91. The maximum absolute atomic E-state index is 5.24. The van der Waals surface area contributed by atoms with Crippen molar-refractivity contribution in [3.63, 3.8) is 0 Å². The summed E-state index contributed by atoms with van der Waals surface area (Å²) in [7, 11) is 0. The second-order valence-electron chi connectivity index (χ2n) is 5.18. The minimum Gasteiger partial charge on any atom is -0.340 e. The van der Waals surface area contributed by atoms with Crippen molar-refractivity contribution in [2.45, 2.75) is 45.4 Å². The van der Waals surface area contributed by atoms with Gasteiger partial charge in [0.15, 0.2) is 11.6 Å². The highest BCUT2D eigenvalue weighted by Gasteiger charge is 2.42. The first-order chi connectivity index (χ1) is 8.63. The molecule has 1 saturated carbocycles. The lowest BCUT2D eigenvalue weighted by molar-refractivity contribution is 0.364. The first-order valence-electron chi connectivity index (χ1n) is 6.26. The second kappa shape index (κ2) is 4.19. The molecule has 0 N–H and O–H groups in total. The lowest BCUT2D eigenvalue weighted by atomic mass is 10.2. The van der Waals surface area contributed by atoms with Crippen molar-refractivity contribution in [2.24, 2.45) is 5.92 Å². The molecule has 0 aliphatic heterocycles. The van der Waals surface area contributed by atoms with Gasteiger partial charge in [-0.15, -0.1) is 0 Å². The number of aromatic nitrogens is 4. The van der Waals surface area contributed by atoms with E-state index in [0.717, 1.165) is 24.5 Å². The van der Waals surface area contributed by atoms with Crippen LogP contribution in [0.3, 0.4) is 0 Å². The first kappa shape index (κ1) is 11.4. The smallest absolute Gasteiger partial charge is 0.226 e. The van der Waals surface area contributed by atoms with Gasteiger partial charge in [-0.05, 0) is 12.3 Å². The van der Waals surface area contributed by atoms with E-state index in [1.165, 1.54) is 0 Å². The molecule has 2 aromatic rings. The average Bonchev–Trinajstić information content (AvgIpc) is 2.75. The maximum Gasteiger partial charge on any atom is 0.226 e. The number of nitrogens with zero attached hydrogens (tertiary/aromatic N) is 4. The fourth-order valence-corrected chi connectivity index (χ4v) is 2.06. The summed E-state index contributed by atoms with van der Waals surface area (Å²) in [4.78, 5) is 8.63. The van der Waals surface area contributed by atoms with Crippen LogP contribution in [0.25, 0.3) is 0 Å². The van der Waals surface area contributed by atoms with Crippen LogP contribution in [0.1, 0.15) is 55.5 Å². The van der Waals surface area contributed by atoms with Crippen LogP contribution in [-0.2, 0) is 6.42 Å². The third-order valence-electron chi connectivity index (χ3n) is 3.23. The monoisotopic (exact) mass is 248 g/mol. The molecule has 6 nitrogen and oxygen atoms in total. The third kappa shape index (κ3) is 2.14. The summed E-state index contributed by atoms with van der Waals surface area (Å²) in [5.74, 6) is 4.11. The Morgan fingerprint density at radius 2 is 2.06 bits per heavy atom. The SMILES string of the molecule is Cc1nc(C2CC2Cc2nc(C(C)C)no2)no1. The molecule has 1 aliphatic carbocycles. The first-order valence-corrected chi connectivity index (χ1v) is 6.26. The fourth-order valence-electron chi connectivity index (χ4n) is 2.06. The normalized spacial score (nSPS) is 22.7. The van der Waals surface area contributed by atoms with Gasteiger partial charge in [-0.2, -0.15) is 9.97 Å². The molecule has 2 unspecified atom stereocenters. The fraction of sp³-hybridized carbons (Fsp3) is 0.667. The molecule has 96 valence electrons. The summed E-state index contributed by atoms with van der Waals surface area (Å²) in [6.07, 6.45) is 1.87. The molecule has 6 heteroatoms. The molecular formula is C12H16N4O2. The number of aryl methyl sites for hydroxylation is 1. The molecule has 0 spiro atoms. The Kier molecular flexibility index (Phi) is 2.65. The molecule has 18 heavy (non-hydrogen) atoms. The highest BCUT2D eigenvalue weighted by Crippen LogP contribution is 2.47. The van der Waals surface area contributed by atoms with Crippen molar-refractivity contribution < 1.29 is 9.05 Å². The van der Waals surface area contributed by atoms with Crippen molar-refractivity contribution >= 4 is 0 Å². The second-order valence-corrected chi connectivity index (χ2v) is 5.18. The van der Waals surface area contributed by atoms with E-state index in [4.69, 9.17) is 9.05 Å². The Balaban J connectivity index is 1.62. The van der Waals surface area contributed by atoms with Crippen LogP contribution < -0.4 is 0 Å². The van der Waals surface area contributed by atoms with Crippen LogP contribution in [0.4, 0.5) is 0 Å². The highest BCUT2D eigenvalue weighted by molar-refractivity contribution is 5.11. The molecule has 0 saturated heterocycles. The van der Waals surface area contributed by atoms with Crippen LogP contribution in [-0.4, -0.2) is 20.3 Å². The minimum atomic E-state index is 0.303. The van der Waals surface area contributed by atoms with Gasteiger partial charge in [-0.1, -0.05) is 24.2 Å². The van der Waals surface area contributed by atoms with E-state index in [2.05, 4.69) is 34.1 Å². The number of hydrogen-bond donors (Lipinski definition) is 0. The molecular weight excluding hydrogens is 232 g/mol. The Morgan fingerprint density at radius 1 is 1.22 bits per heavy atom. The Labute approximate surface area is 105 Å². The van der Waals surface area contributed by atoms with Crippen molar-refractivity contribution in [2.75, 3.05) is 0 Å². The third-order valence-corrected chi connectivity index (χ3v) is 3.23. The van der Waals surface area contributed by atoms with E-state index in [0.29, 0.717) is 29.5 Å². The predicted molar refractivity (Wildman–Crippen MR) is 62.0 cm³/mol. The predicted octanol–water partition coefficient (Wildman–Crippen LogP) is 2.23. The van der Waals surface area contributed by atoms with Gasteiger partial charge in [0.2, 0.25) is 11.8 Å². The van der Waals surface area contributed by atoms with Gasteiger partial charge in [0, 0.05) is 25.2 Å². The van der Waals surface area contributed by atoms with Crippen molar-refractivity contribution in [1.29, 1.82) is 0 Å². The van der Waals surface area contributed by atoms with Crippen LogP contribution >= 0.6 is 0 Å². The summed E-state index contributed by atoms with van der Waals surface area (Å²) in [6.45, 7) is 5.91. The van der Waals surface area contributed by atoms with E-state index in [-0.39, 0.29) is 0 Å². The number of hydrogen-bond acceptors (Lipinski definition) is 6. The van der Waals surface area contributed by atoms with Gasteiger partial charge in [0.25, 0.3) is 0 Å². The van der Waals surface area contributed by atoms with Gasteiger partial charge in [0.05, 0.1) is 0 Å². The standard InChI is InChI=1S/C12H16N4O2/c1-6(2)11-14-10(18-15-11)5-8-4-9(8)12-13-7(3)17-16-12/h6,8-9H,4-5H2,1-3H3. The topological polar surface area (TPSA) is 77.8 Å². The van der Waals surface area contributed by atoms with E-state index in [1.54, 1.807) is 6.92 Å². The zero-order valence-corrected chi connectivity index (χ0v) is 10.8. The molecule has 1 aliphatic rings. The van der Waals surface area contributed by atoms with Crippen molar-refractivity contribution in [3.8, 4) is 0 Å². The molecule has 0 bridgehead atoms. The van der Waals surface area contributed by atoms with Crippen LogP contribution in [0, 0.1) is 12.8 Å². The zero-order valence-electron chi connectivity index (χ0n) is 10.8. The van der Waals surface area contributed by atoms with Gasteiger partial charge < -0.3 is 9.05 Å². The van der Waals surface area contributed by atoms with E-state index in [9.17, 15) is 0 Å². The van der Waals surface area contributed by atoms with E-state index in [1.807, 2.05) is 0 Å². The molecule has 0 amide bonds. The summed E-state index contributed by atoms with van der Waals surface area (Å²) in [5.41, 5.74) is 0. The van der Waals surface area contributed by atoms with Gasteiger partial charge in [0.1, 0.15) is 0 Å². The quantitative estimate of drug-likeness (QED) is 0.825. The molecule has 2 aromatic heterocycles. The lowest BCUT2D eigenvalue weighted by Crippen LogP contribution is -1.94. The molecule has 0 radical (unpaired) electrons. The largest absolute Gasteiger partial charge is 0.340 e. The molecule has 2 heterocycles. The highest BCUT2D eigenvalue weighted by atomic mass is 16.5. The zero-order chi connectivity index (χ0) is 12.7. The summed E-state index contributed by atoms with van der Waals surface area (Å²) >= 11 is 0. The summed E-state index contributed by atoms with van der Waals surface area (Å²) in [6, 6.07) is 0. The molecule has 3 rings (SSSR count). The van der Waals surface area contributed by atoms with Crippen LogP contribution in [0.2, 0.25) is 0 Å². The van der Waals surface area contributed by atoms with Crippen LogP contribution in [0.5, 0.6) is 0 Å².